The van der Waals surface area contributed by atoms with Crippen LogP contribution in [-0.2, 0) is 39.8 Å². The molecule has 3 nitrogen and oxygen atoms in total. The standard InChI is InChI=1S/C18H15N2O.Y/c1-20-11-4-3-7-17(20)16-12-14(8-9-18(16)21-2)15-6-5-10-19-13-15;/h3-7,9-12H,1-2H3;/q-1;. The first-order valence-electron chi connectivity index (χ1n) is 6.67. The van der Waals surface area contributed by atoms with Gasteiger partial charge in [0, 0.05) is 50.6 Å². The monoisotopic (exact) mass is 364 g/mol. The number of rotatable bonds is 3. The van der Waals surface area contributed by atoms with Crippen LogP contribution >= 0.6 is 0 Å². The Labute approximate surface area is 155 Å². The van der Waals surface area contributed by atoms with Gasteiger partial charge in [0.1, 0.15) is 7.05 Å². The number of pyridine rings is 2. The third-order valence-electron chi connectivity index (χ3n) is 3.36. The Bertz CT molecular complexity index is 760. The molecule has 1 radical (unpaired) electrons. The Balaban J connectivity index is 0.00000176. The number of aryl methyl sites for hydroxylation is 1. The van der Waals surface area contributed by atoms with Gasteiger partial charge in [0.15, 0.2) is 11.9 Å². The molecule has 0 atom stereocenters. The minimum absolute atomic E-state index is 0. The smallest absolute Gasteiger partial charge is 0.196 e. The molecule has 0 unspecified atom stereocenters. The fourth-order valence-electron chi connectivity index (χ4n) is 2.28. The summed E-state index contributed by atoms with van der Waals surface area (Å²) in [6.07, 6.45) is 6.72. The Morgan fingerprint density at radius 1 is 1.14 bits per heavy atom. The van der Waals surface area contributed by atoms with Crippen molar-refractivity contribution in [1.29, 1.82) is 0 Å². The van der Waals surface area contributed by atoms with E-state index in [-0.39, 0.29) is 32.7 Å². The second-order valence-electron chi connectivity index (χ2n) is 4.69. The van der Waals surface area contributed by atoms with Crippen LogP contribution in [0.5, 0.6) is 5.75 Å². The molecule has 4 heteroatoms. The van der Waals surface area contributed by atoms with Gasteiger partial charge in [-0.2, -0.15) is 18.2 Å². The van der Waals surface area contributed by atoms with Gasteiger partial charge in [0.2, 0.25) is 0 Å². The normalized spacial score (nSPS) is 9.91. The van der Waals surface area contributed by atoms with Crippen molar-refractivity contribution in [2.75, 3.05) is 7.11 Å². The number of aromatic nitrogens is 2. The summed E-state index contributed by atoms with van der Waals surface area (Å²) in [7, 11) is 3.69. The maximum atomic E-state index is 5.48. The number of hydrogen-bond donors (Lipinski definition) is 0. The number of hydrogen-bond acceptors (Lipinski definition) is 2. The van der Waals surface area contributed by atoms with Crippen LogP contribution in [0.15, 0.2) is 54.9 Å². The molecule has 0 aliphatic carbocycles. The summed E-state index contributed by atoms with van der Waals surface area (Å²) in [4.78, 5) is 4.04. The Morgan fingerprint density at radius 2 is 2.00 bits per heavy atom. The van der Waals surface area contributed by atoms with Gasteiger partial charge >= 0.3 is 0 Å². The van der Waals surface area contributed by atoms with Crippen molar-refractivity contribution in [3.8, 4) is 28.1 Å². The summed E-state index contributed by atoms with van der Waals surface area (Å²) >= 11 is 0. The van der Waals surface area contributed by atoms with E-state index in [1.54, 1.807) is 13.3 Å². The van der Waals surface area contributed by atoms with Crippen molar-refractivity contribution in [2.45, 2.75) is 0 Å². The van der Waals surface area contributed by atoms with Gasteiger partial charge in [-0.05, 0) is 11.6 Å². The van der Waals surface area contributed by atoms with Gasteiger partial charge in [-0.1, -0.05) is 12.4 Å². The van der Waals surface area contributed by atoms with Crippen LogP contribution in [0.4, 0.5) is 0 Å². The second-order valence-corrected chi connectivity index (χ2v) is 4.69. The molecule has 0 saturated carbocycles. The molecule has 0 N–H and O–H groups in total. The maximum Gasteiger partial charge on any atom is 0.196 e. The molecule has 0 spiro atoms. The van der Waals surface area contributed by atoms with E-state index in [1.165, 1.54) is 0 Å². The van der Waals surface area contributed by atoms with E-state index >= 15 is 0 Å². The fraction of sp³-hybridized carbons (Fsp3) is 0.111. The minimum Gasteiger partial charge on any atom is -0.539 e. The Morgan fingerprint density at radius 3 is 2.68 bits per heavy atom. The van der Waals surface area contributed by atoms with Crippen LogP contribution in [0.1, 0.15) is 0 Å². The topological polar surface area (TPSA) is 26.0 Å². The van der Waals surface area contributed by atoms with Gasteiger partial charge in [0.25, 0.3) is 0 Å². The van der Waals surface area contributed by atoms with Crippen molar-refractivity contribution in [2.24, 2.45) is 7.05 Å². The summed E-state index contributed by atoms with van der Waals surface area (Å²) in [6, 6.07) is 17.1. The van der Waals surface area contributed by atoms with Crippen LogP contribution in [0, 0.1) is 12.3 Å². The zero-order valence-corrected chi connectivity index (χ0v) is 15.4. The third kappa shape index (κ3) is 3.42. The molecule has 3 rings (SSSR count). The zero-order chi connectivity index (χ0) is 14.7. The first kappa shape index (κ1) is 16.8. The van der Waals surface area contributed by atoms with Crippen LogP contribution in [0.25, 0.3) is 22.4 Å². The average Bonchev–Trinajstić information content (AvgIpc) is 2.55. The number of methoxy groups -OCH3 is 1. The van der Waals surface area contributed by atoms with Crippen LogP contribution in [0.3, 0.4) is 0 Å². The largest absolute Gasteiger partial charge is 0.539 e. The molecule has 3 aromatic rings. The molecule has 0 fully saturated rings. The summed E-state index contributed by atoms with van der Waals surface area (Å²) < 4.78 is 7.54. The maximum absolute atomic E-state index is 5.48. The first-order valence-corrected chi connectivity index (χ1v) is 6.67. The number of benzene rings is 1. The number of ether oxygens (including phenoxy) is 1. The summed E-state index contributed by atoms with van der Waals surface area (Å²) in [5.74, 6) is 0.796. The molecule has 0 aliphatic rings. The second kappa shape index (κ2) is 7.62. The molecule has 2 heterocycles. The van der Waals surface area contributed by atoms with E-state index in [0.717, 1.165) is 28.1 Å². The predicted molar refractivity (Wildman–Crippen MR) is 80.5 cm³/mol. The minimum atomic E-state index is 0. The van der Waals surface area contributed by atoms with Gasteiger partial charge in [-0.25, -0.2) is 15.7 Å². The molecule has 0 saturated heterocycles. The zero-order valence-electron chi connectivity index (χ0n) is 12.6. The van der Waals surface area contributed by atoms with Crippen LogP contribution in [-0.4, -0.2) is 12.1 Å². The van der Waals surface area contributed by atoms with Gasteiger partial charge < -0.3 is 9.72 Å². The molecule has 1 aromatic carbocycles. The van der Waals surface area contributed by atoms with Crippen molar-refractivity contribution < 1.29 is 42.0 Å². The molecule has 107 valence electrons. The van der Waals surface area contributed by atoms with Gasteiger partial charge in [0.05, 0.1) is 7.11 Å². The molecule has 0 amide bonds. The molecular formula is C18H15N2OY-. The molecule has 0 bridgehead atoms. The number of nitrogens with zero attached hydrogens (tertiary/aromatic N) is 2. The molecule has 22 heavy (non-hydrogen) atoms. The Hall–Kier alpha value is -1.58. The van der Waals surface area contributed by atoms with E-state index in [1.807, 2.05) is 43.6 Å². The van der Waals surface area contributed by atoms with Crippen molar-refractivity contribution in [3.05, 3.63) is 67.1 Å². The van der Waals surface area contributed by atoms with Crippen LogP contribution in [0.2, 0.25) is 0 Å². The van der Waals surface area contributed by atoms with E-state index < -0.39 is 0 Å². The summed E-state index contributed by atoms with van der Waals surface area (Å²) in [5.41, 5.74) is 3.96. The molecule has 2 aromatic heterocycles. The third-order valence-corrected chi connectivity index (χ3v) is 3.36. The van der Waals surface area contributed by atoms with Crippen molar-refractivity contribution >= 4 is 0 Å². The van der Waals surface area contributed by atoms with E-state index in [2.05, 4.69) is 33.9 Å². The van der Waals surface area contributed by atoms with E-state index in [9.17, 15) is 0 Å². The average molecular weight is 364 g/mol. The summed E-state index contributed by atoms with van der Waals surface area (Å²) in [5, 5.41) is 0. The first-order chi connectivity index (χ1) is 10.3. The molecule has 0 aliphatic heterocycles. The van der Waals surface area contributed by atoms with Gasteiger partial charge in [-0.3, -0.25) is 0 Å². The predicted octanol–water partition coefficient (Wildman–Crippen LogP) is 2.85. The van der Waals surface area contributed by atoms with Crippen molar-refractivity contribution in [3.63, 3.8) is 0 Å². The Kier molecular flexibility index (Phi) is 5.81. The quantitative estimate of drug-likeness (QED) is 0.528. The fourth-order valence-corrected chi connectivity index (χ4v) is 2.28. The van der Waals surface area contributed by atoms with E-state index in [4.69, 9.17) is 4.74 Å². The van der Waals surface area contributed by atoms with Gasteiger partial charge in [-0.15, -0.1) is 12.1 Å². The van der Waals surface area contributed by atoms with E-state index in [0.29, 0.717) is 0 Å². The van der Waals surface area contributed by atoms with Crippen molar-refractivity contribution in [1.82, 2.24) is 4.98 Å². The summed E-state index contributed by atoms with van der Waals surface area (Å²) in [6.45, 7) is 0. The molecular weight excluding hydrogens is 349 g/mol. The van der Waals surface area contributed by atoms with Crippen LogP contribution < -0.4 is 9.30 Å². The SMILES string of the molecule is COc1c[c-]c(-c2[c-]nccc2)cc1-c1cccc[n+]1C.[Y].